The molecule has 0 radical (unpaired) electrons. The molecule has 3 nitrogen and oxygen atoms in total. The smallest absolute Gasteiger partial charge is 0.210 e. The lowest BCUT2D eigenvalue weighted by molar-refractivity contribution is 0.361. The summed E-state index contributed by atoms with van der Waals surface area (Å²) in [5, 5.41) is 0. The summed E-state index contributed by atoms with van der Waals surface area (Å²) >= 11 is 4.58. The molecule has 13 heavy (non-hydrogen) atoms. The van der Waals surface area contributed by atoms with Crippen LogP contribution in [0.3, 0.4) is 0 Å². The highest BCUT2D eigenvalue weighted by atomic mass is 32.8. The average Bonchev–Trinajstić information content (AvgIpc) is 2.67. The molecule has 1 unspecified atom stereocenters. The van der Waals surface area contributed by atoms with Crippen molar-refractivity contribution in [1.82, 2.24) is 4.31 Å². The van der Waals surface area contributed by atoms with Gasteiger partial charge in [0, 0.05) is 23.8 Å². The fourth-order valence-electron chi connectivity index (χ4n) is 1.23. The van der Waals surface area contributed by atoms with Gasteiger partial charge in [-0.05, 0) is 25.2 Å². The largest absolute Gasteiger partial charge is 0.294 e. The van der Waals surface area contributed by atoms with Crippen molar-refractivity contribution in [3.05, 3.63) is 0 Å². The SMILES string of the molecule is CC(C)CCN(C1CC1)S(=O)(O)=S. The van der Waals surface area contributed by atoms with E-state index in [1.807, 2.05) is 0 Å². The van der Waals surface area contributed by atoms with Gasteiger partial charge < -0.3 is 0 Å². The number of hydrogen-bond donors (Lipinski definition) is 1. The van der Waals surface area contributed by atoms with Crippen LogP contribution in [0, 0.1) is 5.92 Å². The highest BCUT2D eigenvalue weighted by Gasteiger charge is 2.33. The Hall–Kier alpha value is 0.290. The van der Waals surface area contributed by atoms with Gasteiger partial charge in [0.15, 0.2) is 0 Å². The van der Waals surface area contributed by atoms with Crippen molar-refractivity contribution in [3.63, 3.8) is 0 Å². The molecule has 0 aromatic carbocycles. The van der Waals surface area contributed by atoms with E-state index >= 15 is 0 Å². The van der Waals surface area contributed by atoms with Crippen LogP contribution < -0.4 is 0 Å². The molecule has 5 heteroatoms. The molecule has 0 amide bonds. The van der Waals surface area contributed by atoms with Gasteiger partial charge in [-0.2, -0.15) is 4.31 Å². The summed E-state index contributed by atoms with van der Waals surface area (Å²) in [6.45, 7) is 4.86. The highest BCUT2D eigenvalue weighted by Crippen LogP contribution is 2.29. The third-order valence-electron chi connectivity index (χ3n) is 2.18. The minimum Gasteiger partial charge on any atom is -0.294 e. The van der Waals surface area contributed by atoms with Crippen LogP contribution in [0.25, 0.3) is 0 Å². The maximum atomic E-state index is 11.3. The maximum Gasteiger partial charge on any atom is 0.210 e. The first-order valence-electron chi connectivity index (χ1n) is 4.65. The van der Waals surface area contributed by atoms with E-state index in [0.29, 0.717) is 12.5 Å². The van der Waals surface area contributed by atoms with E-state index in [9.17, 15) is 8.76 Å². The predicted molar refractivity (Wildman–Crippen MR) is 57.3 cm³/mol. The zero-order valence-electron chi connectivity index (χ0n) is 8.10. The second-order valence-corrected chi connectivity index (χ2v) is 6.67. The summed E-state index contributed by atoms with van der Waals surface area (Å²) in [5.41, 5.74) is 0. The van der Waals surface area contributed by atoms with Crippen LogP contribution in [0.1, 0.15) is 33.1 Å². The Labute approximate surface area is 85.1 Å². The van der Waals surface area contributed by atoms with E-state index in [1.54, 1.807) is 4.31 Å². The summed E-state index contributed by atoms with van der Waals surface area (Å²) in [6, 6.07) is 0.272. The van der Waals surface area contributed by atoms with Gasteiger partial charge in [-0.3, -0.25) is 4.55 Å². The van der Waals surface area contributed by atoms with Crippen molar-refractivity contribution in [2.75, 3.05) is 6.54 Å². The van der Waals surface area contributed by atoms with Gasteiger partial charge in [-0.1, -0.05) is 13.8 Å². The normalized spacial score (nSPS) is 22.2. The number of nitrogens with zero attached hydrogens (tertiary/aromatic N) is 1. The van der Waals surface area contributed by atoms with Gasteiger partial charge in [0.25, 0.3) is 0 Å². The van der Waals surface area contributed by atoms with Gasteiger partial charge in [-0.25, -0.2) is 4.21 Å². The minimum atomic E-state index is -3.13. The Morgan fingerprint density at radius 1 is 1.62 bits per heavy atom. The molecule has 0 aromatic rings. The van der Waals surface area contributed by atoms with Crippen molar-refractivity contribution in [3.8, 4) is 0 Å². The molecule has 1 aliphatic rings. The molecule has 0 heterocycles. The van der Waals surface area contributed by atoms with Crippen LogP contribution in [0.5, 0.6) is 0 Å². The Morgan fingerprint density at radius 3 is 2.46 bits per heavy atom. The van der Waals surface area contributed by atoms with Gasteiger partial charge in [-0.15, -0.1) is 0 Å². The van der Waals surface area contributed by atoms with Gasteiger partial charge in [0.2, 0.25) is 8.96 Å². The summed E-state index contributed by atoms with van der Waals surface area (Å²) in [7, 11) is -3.13. The summed E-state index contributed by atoms with van der Waals surface area (Å²) in [5.74, 6) is 0.554. The van der Waals surface area contributed by atoms with Crippen molar-refractivity contribution in [2.45, 2.75) is 39.2 Å². The number of hydrogen-bond acceptors (Lipinski definition) is 2. The maximum absolute atomic E-state index is 11.3. The Morgan fingerprint density at radius 2 is 2.15 bits per heavy atom. The van der Waals surface area contributed by atoms with Crippen LogP contribution in [-0.4, -0.2) is 25.7 Å². The molecule has 0 bridgehead atoms. The van der Waals surface area contributed by atoms with Gasteiger partial charge in [0.05, 0.1) is 0 Å². The monoisotopic (exact) mass is 223 g/mol. The minimum absolute atomic E-state index is 0.272. The van der Waals surface area contributed by atoms with Gasteiger partial charge in [0.1, 0.15) is 0 Å². The second kappa shape index (κ2) is 4.21. The fourth-order valence-corrected chi connectivity index (χ4v) is 2.75. The molecule has 1 aliphatic carbocycles. The zero-order chi connectivity index (χ0) is 10.1. The molecular weight excluding hydrogens is 206 g/mol. The first kappa shape index (κ1) is 11.4. The third kappa shape index (κ3) is 3.89. The van der Waals surface area contributed by atoms with Crippen molar-refractivity contribution >= 4 is 20.1 Å². The molecule has 1 N–H and O–H groups in total. The van der Waals surface area contributed by atoms with Crippen LogP contribution >= 0.6 is 0 Å². The van der Waals surface area contributed by atoms with E-state index in [0.717, 1.165) is 19.3 Å². The molecule has 0 aromatic heterocycles. The first-order valence-corrected chi connectivity index (χ1v) is 7.05. The first-order chi connectivity index (χ1) is 5.91. The second-order valence-electron chi connectivity index (χ2n) is 4.00. The number of rotatable bonds is 5. The molecule has 1 rings (SSSR count). The summed E-state index contributed by atoms with van der Waals surface area (Å²) < 4.78 is 22.1. The lowest BCUT2D eigenvalue weighted by atomic mass is 10.1. The van der Waals surface area contributed by atoms with E-state index in [4.69, 9.17) is 0 Å². The topological polar surface area (TPSA) is 40.5 Å². The molecule has 1 saturated carbocycles. The predicted octanol–water partition coefficient (Wildman–Crippen LogP) is 1.63. The van der Waals surface area contributed by atoms with Crippen LogP contribution in [0.4, 0.5) is 0 Å². The fraction of sp³-hybridized carbons (Fsp3) is 1.00. The quantitative estimate of drug-likeness (QED) is 0.770. The Bertz CT molecular complexity index is 257. The standard InChI is InChI=1S/C8H17NO2S2/c1-7(2)5-6-9(8-3-4-8)13(10,11)12/h7-8H,3-6H2,1-2H3,(H,10,11,12). The molecule has 78 valence electrons. The molecule has 0 spiro atoms. The van der Waals surface area contributed by atoms with E-state index < -0.39 is 8.96 Å². The molecule has 1 fully saturated rings. The zero-order valence-corrected chi connectivity index (χ0v) is 9.74. The average molecular weight is 223 g/mol. The lowest BCUT2D eigenvalue weighted by Gasteiger charge is -2.20. The van der Waals surface area contributed by atoms with Crippen molar-refractivity contribution in [1.29, 1.82) is 0 Å². The van der Waals surface area contributed by atoms with Crippen LogP contribution in [0.2, 0.25) is 0 Å². The molecule has 1 atom stereocenters. The third-order valence-corrected chi connectivity index (χ3v) is 3.83. The van der Waals surface area contributed by atoms with Crippen molar-refractivity contribution in [2.24, 2.45) is 5.92 Å². The van der Waals surface area contributed by atoms with E-state index in [-0.39, 0.29) is 6.04 Å². The van der Waals surface area contributed by atoms with Crippen LogP contribution in [0.15, 0.2) is 0 Å². The molecular formula is C8H17NO2S2. The van der Waals surface area contributed by atoms with Crippen LogP contribution in [-0.2, 0) is 20.1 Å². The molecule has 0 aliphatic heterocycles. The Kier molecular flexibility index (Phi) is 3.68. The van der Waals surface area contributed by atoms with Crippen molar-refractivity contribution < 1.29 is 8.76 Å². The van der Waals surface area contributed by atoms with Gasteiger partial charge >= 0.3 is 0 Å². The van der Waals surface area contributed by atoms with E-state index in [1.165, 1.54) is 0 Å². The summed E-state index contributed by atoms with van der Waals surface area (Å²) in [6.07, 6.45) is 2.98. The summed E-state index contributed by atoms with van der Waals surface area (Å²) in [4.78, 5) is 0. The highest BCUT2D eigenvalue weighted by molar-refractivity contribution is 8.28. The van der Waals surface area contributed by atoms with E-state index in [2.05, 4.69) is 25.0 Å². The lowest BCUT2D eigenvalue weighted by Crippen LogP contribution is -2.33. The Balaban J connectivity index is 2.49. The molecule has 0 saturated heterocycles.